The lowest BCUT2D eigenvalue weighted by molar-refractivity contribution is 0.103. The molecule has 0 radical (unpaired) electrons. The molecule has 0 spiro atoms. The number of nitriles is 1. The highest BCUT2D eigenvalue weighted by Gasteiger charge is 2.16. The fourth-order valence-electron chi connectivity index (χ4n) is 2.18. The highest BCUT2D eigenvalue weighted by Crippen LogP contribution is 2.28. The minimum absolute atomic E-state index is 0.284. The van der Waals surface area contributed by atoms with E-state index < -0.39 is 0 Å². The molecule has 24 heavy (non-hydrogen) atoms. The third-order valence-corrected chi connectivity index (χ3v) is 4.55. The summed E-state index contributed by atoms with van der Waals surface area (Å²) in [4.78, 5) is 17.3. The molecule has 0 unspecified atom stereocenters. The fraction of sp³-hybridized carbons (Fsp3) is 0.0556. The van der Waals surface area contributed by atoms with Gasteiger partial charge in [-0.05, 0) is 49.4 Å². The largest absolute Gasteiger partial charge is 0.321 e. The van der Waals surface area contributed by atoms with Gasteiger partial charge in [-0.1, -0.05) is 6.07 Å². The summed E-state index contributed by atoms with van der Waals surface area (Å²) >= 11 is 1.25. The molecular formula is C18H12FN3OS. The summed E-state index contributed by atoms with van der Waals surface area (Å²) in [5, 5.41) is 12.3. The zero-order valence-corrected chi connectivity index (χ0v) is 13.5. The minimum atomic E-state index is -0.317. The Kier molecular flexibility index (Phi) is 4.36. The number of halogens is 1. The van der Waals surface area contributed by atoms with E-state index in [1.807, 2.05) is 6.07 Å². The van der Waals surface area contributed by atoms with Gasteiger partial charge in [0.1, 0.15) is 15.7 Å². The van der Waals surface area contributed by atoms with E-state index in [9.17, 15) is 9.18 Å². The van der Waals surface area contributed by atoms with Gasteiger partial charge in [-0.2, -0.15) is 5.26 Å². The Balaban J connectivity index is 1.85. The maximum Gasteiger partial charge on any atom is 0.267 e. The molecule has 118 valence electrons. The summed E-state index contributed by atoms with van der Waals surface area (Å²) in [5.41, 5.74) is 2.39. The van der Waals surface area contributed by atoms with E-state index in [2.05, 4.69) is 10.3 Å². The van der Waals surface area contributed by atoms with Crippen LogP contribution in [0.15, 0.2) is 48.5 Å². The van der Waals surface area contributed by atoms with Crippen LogP contribution in [0.2, 0.25) is 0 Å². The normalized spacial score (nSPS) is 10.2. The number of aryl methyl sites for hydroxylation is 1. The Bertz CT molecular complexity index is 942. The predicted octanol–water partition coefficient (Wildman–Crippen LogP) is 4.38. The van der Waals surface area contributed by atoms with Crippen LogP contribution in [0.5, 0.6) is 0 Å². The van der Waals surface area contributed by atoms with Crippen molar-refractivity contribution in [3.8, 4) is 16.6 Å². The Labute approximate surface area is 142 Å². The summed E-state index contributed by atoms with van der Waals surface area (Å²) in [6.07, 6.45) is 0. The molecule has 1 amide bonds. The quantitative estimate of drug-likeness (QED) is 0.771. The van der Waals surface area contributed by atoms with Gasteiger partial charge >= 0.3 is 0 Å². The van der Waals surface area contributed by atoms with Crippen molar-refractivity contribution in [1.29, 1.82) is 5.26 Å². The van der Waals surface area contributed by atoms with Gasteiger partial charge in [0.25, 0.3) is 5.91 Å². The molecule has 6 heteroatoms. The van der Waals surface area contributed by atoms with Crippen molar-refractivity contribution in [2.75, 3.05) is 5.32 Å². The molecule has 0 bridgehead atoms. The second-order valence-corrected chi connectivity index (χ2v) is 6.09. The minimum Gasteiger partial charge on any atom is -0.321 e. The highest BCUT2D eigenvalue weighted by molar-refractivity contribution is 7.17. The third-order valence-electron chi connectivity index (χ3n) is 3.34. The van der Waals surface area contributed by atoms with Crippen molar-refractivity contribution in [2.45, 2.75) is 6.92 Å². The van der Waals surface area contributed by atoms with E-state index in [0.717, 1.165) is 5.56 Å². The molecule has 0 saturated carbocycles. The molecule has 3 aromatic rings. The lowest BCUT2D eigenvalue weighted by Gasteiger charge is -2.04. The summed E-state index contributed by atoms with van der Waals surface area (Å²) < 4.78 is 13.0. The van der Waals surface area contributed by atoms with Crippen LogP contribution in [0.25, 0.3) is 10.6 Å². The first-order valence-corrected chi connectivity index (χ1v) is 7.93. The monoisotopic (exact) mass is 337 g/mol. The summed E-state index contributed by atoms with van der Waals surface area (Å²) in [7, 11) is 0. The maximum atomic E-state index is 13.0. The number of anilines is 1. The fourth-order valence-corrected chi connectivity index (χ4v) is 3.14. The third kappa shape index (κ3) is 3.31. The van der Waals surface area contributed by atoms with E-state index in [1.54, 1.807) is 43.3 Å². The Hall–Kier alpha value is -3.04. The number of aromatic nitrogens is 1. The summed E-state index contributed by atoms with van der Waals surface area (Å²) in [6, 6.07) is 14.7. The van der Waals surface area contributed by atoms with E-state index in [0.29, 0.717) is 26.8 Å². The van der Waals surface area contributed by atoms with Crippen LogP contribution in [-0.2, 0) is 0 Å². The predicted molar refractivity (Wildman–Crippen MR) is 91.4 cm³/mol. The maximum absolute atomic E-state index is 13.0. The lowest BCUT2D eigenvalue weighted by atomic mass is 10.2. The van der Waals surface area contributed by atoms with Gasteiger partial charge in [-0.15, -0.1) is 11.3 Å². The number of carbonyl (C=O) groups is 1. The average molecular weight is 337 g/mol. The van der Waals surface area contributed by atoms with E-state index in [4.69, 9.17) is 5.26 Å². The van der Waals surface area contributed by atoms with Crippen molar-refractivity contribution in [1.82, 2.24) is 4.98 Å². The molecule has 0 saturated heterocycles. The van der Waals surface area contributed by atoms with E-state index in [-0.39, 0.29) is 11.7 Å². The van der Waals surface area contributed by atoms with E-state index >= 15 is 0 Å². The first-order valence-electron chi connectivity index (χ1n) is 7.11. The van der Waals surface area contributed by atoms with Gasteiger partial charge in [0.15, 0.2) is 0 Å². The number of hydrogen-bond acceptors (Lipinski definition) is 4. The van der Waals surface area contributed by atoms with Gasteiger partial charge in [-0.25, -0.2) is 9.37 Å². The van der Waals surface area contributed by atoms with Crippen molar-refractivity contribution in [3.63, 3.8) is 0 Å². The summed E-state index contributed by atoms with van der Waals surface area (Å²) in [5.74, 6) is -0.601. The number of hydrogen-bond donors (Lipinski definition) is 1. The zero-order valence-electron chi connectivity index (χ0n) is 12.7. The second kappa shape index (κ2) is 6.60. The van der Waals surface area contributed by atoms with Crippen molar-refractivity contribution in [2.24, 2.45) is 0 Å². The lowest BCUT2D eigenvalue weighted by Crippen LogP contribution is -2.11. The van der Waals surface area contributed by atoms with Crippen LogP contribution in [-0.4, -0.2) is 10.9 Å². The average Bonchev–Trinajstić information content (AvgIpc) is 2.97. The number of carbonyl (C=O) groups excluding carboxylic acids is 1. The summed E-state index contributed by atoms with van der Waals surface area (Å²) in [6.45, 7) is 1.75. The number of amides is 1. The molecular weight excluding hydrogens is 325 g/mol. The van der Waals surface area contributed by atoms with Gasteiger partial charge in [-0.3, -0.25) is 4.79 Å². The molecule has 2 aromatic carbocycles. The number of rotatable bonds is 3. The number of benzene rings is 2. The molecule has 1 heterocycles. The first-order chi connectivity index (χ1) is 11.6. The van der Waals surface area contributed by atoms with Gasteiger partial charge in [0.05, 0.1) is 17.3 Å². The Morgan fingerprint density at radius 3 is 2.71 bits per heavy atom. The Morgan fingerprint density at radius 2 is 2.00 bits per heavy atom. The SMILES string of the molecule is Cc1nc(-c2ccc(F)cc2)sc1C(=O)Nc1cccc(C#N)c1. The van der Waals surface area contributed by atoms with Crippen LogP contribution < -0.4 is 5.32 Å². The molecule has 0 atom stereocenters. The topological polar surface area (TPSA) is 65.8 Å². The van der Waals surface area contributed by atoms with Crippen LogP contribution in [0, 0.1) is 24.1 Å². The molecule has 1 N–H and O–H groups in total. The van der Waals surface area contributed by atoms with Crippen molar-refractivity contribution in [3.05, 3.63) is 70.5 Å². The van der Waals surface area contributed by atoms with Crippen LogP contribution in [0.4, 0.5) is 10.1 Å². The molecule has 0 aliphatic rings. The van der Waals surface area contributed by atoms with Gasteiger partial charge in [0, 0.05) is 11.3 Å². The smallest absolute Gasteiger partial charge is 0.267 e. The van der Waals surface area contributed by atoms with Crippen LogP contribution in [0.3, 0.4) is 0 Å². The first kappa shape index (κ1) is 15.8. The van der Waals surface area contributed by atoms with E-state index in [1.165, 1.54) is 23.5 Å². The molecule has 0 aliphatic carbocycles. The molecule has 0 aliphatic heterocycles. The molecule has 0 fully saturated rings. The van der Waals surface area contributed by atoms with Crippen molar-refractivity contribution >= 4 is 22.9 Å². The zero-order chi connectivity index (χ0) is 17.1. The number of nitrogens with zero attached hydrogens (tertiary/aromatic N) is 2. The van der Waals surface area contributed by atoms with Gasteiger partial charge < -0.3 is 5.32 Å². The standard InChI is InChI=1S/C18H12FN3OS/c1-11-16(17(23)22-15-4-2-3-12(9-15)10-20)24-18(21-11)13-5-7-14(19)8-6-13/h2-9H,1H3,(H,22,23). The molecule has 1 aromatic heterocycles. The number of thiazole rings is 1. The molecule has 3 rings (SSSR count). The Morgan fingerprint density at radius 1 is 1.25 bits per heavy atom. The number of nitrogens with one attached hydrogen (secondary N) is 1. The second-order valence-electron chi connectivity index (χ2n) is 5.09. The van der Waals surface area contributed by atoms with Gasteiger partial charge in [0.2, 0.25) is 0 Å². The van der Waals surface area contributed by atoms with Crippen LogP contribution in [0.1, 0.15) is 20.9 Å². The van der Waals surface area contributed by atoms with Crippen molar-refractivity contribution < 1.29 is 9.18 Å². The molecule has 4 nitrogen and oxygen atoms in total. The van der Waals surface area contributed by atoms with Crippen LogP contribution >= 0.6 is 11.3 Å². The highest BCUT2D eigenvalue weighted by atomic mass is 32.1.